The lowest BCUT2D eigenvalue weighted by Gasteiger charge is -2.20. The maximum atomic E-state index is 12.4. The van der Waals surface area contributed by atoms with E-state index in [-0.39, 0.29) is 11.9 Å². The summed E-state index contributed by atoms with van der Waals surface area (Å²) in [6, 6.07) is 15.7. The molecule has 0 saturated carbocycles. The topological polar surface area (TPSA) is 52.0 Å². The maximum absolute atomic E-state index is 12.4. The molecule has 0 unspecified atom stereocenters. The van der Waals surface area contributed by atoms with Crippen LogP contribution in [0.4, 0.5) is 0 Å². The molecule has 5 nitrogen and oxygen atoms in total. The molecule has 26 heavy (non-hydrogen) atoms. The monoisotopic (exact) mass is 353 g/mol. The van der Waals surface area contributed by atoms with Crippen LogP contribution in [0.2, 0.25) is 0 Å². The Morgan fingerprint density at radius 1 is 1.12 bits per heavy atom. The van der Waals surface area contributed by atoms with Crippen LogP contribution in [-0.2, 0) is 4.79 Å². The highest BCUT2D eigenvalue weighted by molar-refractivity contribution is 5.92. The predicted octanol–water partition coefficient (Wildman–Crippen LogP) is 1.47. The molecule has 0 aromatic heterocycles. The first-order valence-corrected chi connectivity index (χ1v) is 8.84. The Morgan fingerprint density at radius 3 is 2.58 bits per heavy atom. The van der Waals surface area contributed by atoms with Gasteiger partial charge >= 0.3 is 0 Å². The molecular weight excluding hydrogens is 328 g/mol. The normalized spacial score (nSPS) is 14.4. The van der Waals surface area contributed by atoms with Crippen molar-refractivity contribution in [3.8, 4) is 11.5 Å². The first kappa shape index (κ1) is 18.0. The molecule has 2 aromatic rings. The second kappa shape index (κ2) is 8.54. The number of carbonyl (C=O) groups is 1. The number of quaternary nitrogens is 1. The maximum Gasteiger partial charge on any atom is 0.244 e. The molecule has 2 N–H and O–H groups in total. The van der Waals surface area contributed by atoms with Gasteiger partial charge in [-0.1, -0.05) is 36.4 Å². The molecule has 0 radical (unpaired) electrons. The minimum absolute atomic E-state index is 0.0291. The van der Waals surface area contributed by atoms with Gasteiger partial charge in [0.1, 0.15) is 25.8 Å². The summed E-state index contributed by atoms with van der Waals surface area (Å²) in [5.74, 6) is 1.35. The van der Waals surface area contributed by atoms with Crippen molar-refractivity contribution >= 4 is 12.0 Å². The fourth-order valence-corrected chi connectivity index (χ4v) is 2.90. The summed E-state index contributed by atoms with van der Waals surface area (Å²) in [6.07, 6.45) is 3.35. The summed E-state index contributed by atoms with van der Waals surface area (Å²) in [5.41, 5.74) is 2.01. The van der Waals surface area contributed by atoms with Gasteiger partial charge in [-0.2, -0.15) is 0 Å². The average molecular weight is 353 g/mol. The predicted molar refractivity (Wildman–Crippen MR) is 101 cm³/mol. The van der Waals surface area contributed by atoms with Crippen molar-refractivity contribution in [2.45, 2.75) is 6.04 Å². The number of ether oxygens (including phenoxy) is 2. The zero-order chi connectivity index (χ0) is 18.4. The Hall–Kier alpha value is -2.79. The molecule has 0 saturated heterocycles. The Balaban J connectivity index is 1.67. The Kier molecular flexibility index (Phi) is 5.92. The molecule has 1 heterocycles. The van der Waals surface area contributed by atoms with Gasteiger partial charge in [0.25, 0.3) is 0 Å². The zero-order valence-corrected chi connectivity index (χ0v) is 15.2. The molecular formula is C21H25N2O3+. The molecule has 136 valence electrons. The van der Waals surface area contributed by atoms with E-state index in [4.69, 9.17) is 9.47 Å². The Labute approximate surface area is 154 Å². The van der Waals surface area contributed by atoms with Gasteiger partial charge in [0.2, 0.25) is 5.91 Å². The van der Waals surface area contributed by atoms with Gasteiger partial charge in [0.15, 0.2) is 11.5 Å². The van der Waals surface area contributed by atoms with Crippen molar-refractivity contribution in [2.75, 3.05) is 33.9 Å². The highest BCUT2D eigenvalue weighted by Crippen LogP contribution is 2.31. The third-order valence-corrected chi connectivity index (χ3v) is 4.12. The molecule has 2 aromatic carbocycles. The van der Waals surface area contributed by atoms with Gasteiger partial charge in [0, 0.05) is 6.08 Å². The quantitative estimate of drug-likeness (QED) is 0.774. The van der Waals surface area contributed by atoms with Crippen LogP contribution in [0.5, 0.6) is 11.5 Å². The van der Waals surface area contributed by atoms with Gasteiger partial charge in [-0.25, -0.2) is 0 Å². The van der Waals surface area contributed by atoms with E-state index in [0.29, 0.717) is 13.2 Å². The van der Waals surface area contributed by atoms with Crippen molar-refractivity contribution in [3.05, 3.63) is 65.7 Å². The van der Waals surface area contributed by atoms with Crippen LogP contribution < -0.4 is 19.7 Å². The van der Waals surface area contributed by atoms with Gasteiger partial charge in [-0.3, -0.25) is 4.79 Å². The molecule has 1 atom stereocenters. The van der Waals surface area contributed by atoms with Crippen LogP contribution in [0, 0.1) is 0 Å². The van der Waals surface area contributed by atoms with Crippen molar-refractivity contribution in [1.82, 2.24) is 5.32 Å². The first-order valence-electron chi connectivity index (χ1n) is 8.84. The van der Waals surface area contributed by atoms with E-state index in [1.165, 1.54) is 4.90 Å². The summed E-state index contributed by atoms with van der Waals surface area (Å²) in [4.78, 5) is 13.7. The van der Waals surface area contributed by atoms with Gasteiger partial charge in [0.05, 0.1) is 14.1 Å². The molecule has 0 fully saturated rings. The van der Waals surface area contributed by atoms with E-state index in [2.05, 4.69) is 19.4 Å². The van der Waals surface area contributed by atoms with E-state index in [0.717, 1.165) is 29.2 Å². The number of hydrogen-bond donors (Lipinski definition) is 2. The molecule has 5 heteroatoms. The standard InChI is InChI=1S/C21H24N2O3/c1-23(2)15-18(17-6-4-3-5-7-17)22-21(24)11-9-16-8-10-19-20(14-16)26-13-12-25-19/h3-11,14,18H,12-13,15H2,1-2H3,(H,22,24)/p+1/b11-9+/t18-/m0/s1. The number of rotatable bonds is 6. The fraction of sp³-hybridized carbons (Fsp3) is 0.286. The third kappa shape index (κ3) is 4.86. The molecule has 1 amide bonds. The summed E-state index contributed by atoms with van der Waals surface area (Å²) in [7, 11) is 4.15. The van der Waals surface area contributed by atoms with Gasteiger partial charge < -0.3 is 19.7 Å². The molecule has 0 aliphatic carbocycles. The number of benzene rings is 2. The van der Waals surface area contributed by atoms with Crippen molar-refractivity contribution in [3.63, 3.8) is 0 Å². The van der Waals surface area contributed by atoms with E-state index in [1.807, 2.05) is 48.5 Å². The second-order valence-electron chi connectivity index (χ2n) is 6.62. The SMILES string of the molecule is C[NH+](C)C[C@H](NC(=O)/C=C/c1ccc2c(c1)OCCO2)c1ccccc1. The zero-order valence-electron chi connectivity index (χ0n) is 15.2. The smallest absolute Gasteiger partial charge is 0.244 e. The van der Waals surface area contributed by atoms with Crippen LogP contribution >= 0.6 is 0 Å². The summed E-state index contributed by atoms with van der Waals surface area (Å²) in [6.45, 7) is 1.93. The van der Waals surface area contributed by atoms with E-state index in [9.17, 15) is 4.79 Å². The van der Waals surface area contributed by atoms with Crippen molar-refractivity contribution < 1.29 is 19.2 Å². The van der Waals surface area contributed by atoms with Crippen LogP contribution in [0.15, 0.2) is 54.6 Å². The Morgan fingerprint density at radius 2 is 1.85 bits per heavy atom. The number of likely N-dealkylation sites (N-methyl/N-ethyl adjacent to an activating group) is 1. The minimum Gasteiger partial charge on any atom is -0.486 e. The molecule has 1 aliphatic heterocycles. The van der Waals surface area contributed by atoms with E-state index in [1.54, 1.807) is 12.2 Å². The fourth-order valence-electron chi connectivity index (χ4n) is 2.90. The molecule has 1 aliphatic rings. The highest BCUT2D eigenvalue weighted by atomic mass is 16.6. The van der Waals surface area contributed by atoms with Crippen LogP contribution in [0.1, 0.15) is 17.2 Å². The third-order valence-electron chi connectivity index (χ3n) is 4.12. The number of fused-ring (bicyclic) bond motifs is 1. The van der Waals surface area contributed by atoms with Crippen LogP contribution in [0.3, 0.4) is 0 Å². The highest BCUT2D eigenvalue weighted by Gasteiger charge is 2.16. The van der Waals surface area contributed by atoms with Gasteiger partial charge in [-0.15, -0.1) is 0 Å². The lowest BCUT2D eigenvalue weighted by Crippen LogP contribution is -3.06. The summed E-state index contributed by atoms with van der Waals surface area (Å²) in [5, 5.41) is 3.09. The summed E-state index contributed by atoms with van der Waals surface area (Å²) >= 11 is 0. The molecule has 0 bridgehead atoms. The van der Waals surface area contributed by atoms with Crippen LogP contribution in [-0.4, -0.2) is 39.8 Å². The second-order valence-corrected chi connectivity index (χ2v) is 6.62. The number of amides is 1. The lowest BCUT2D eigenvalue weighted by molar-refractivity contribution is -0.860. The number of hydrogen-bond acceptors (Lipinski definition) is 3. The number of carbonyl (C=O) groups excluding carboxylic acids is 1. The molecule has 0 spiro atoms. The molecule has 3 rings (SSSR count). The minimum atomic E-state index is -0.116. The largest absolute Gasteiger partial charge is 0.486 e. The lowest BCUT2D eigenvalue weighted by atomic mass is 10.1. The van der Waals surface area contributed by atoms with Crippen molar-refractivity contribution in [1.29, 1.82) is 0 Å². The van der Waals surface area contributed by atoms with Crippen molar-refractivity contribution in [2.24, 2.45) is 0 Å². The average Bonchev–Trinajstić information content (AvgIpc) is 2.66. The first-order chi connectivity index (χ1) is 12.6. The summed E-state index contributed by atoms with van der Waals surface area (Å²) < 4.78 is 11.1. The Bertz CT molecular complexity index is 772. The number of nitrogens with one attached hydrogen (secondary N) is 2. The van der Waals surface area contributed by atoms with E-state index < -0.39 is 0 Å². The van der Waals surface area contributed by atoms with Gasteiger partial charge in [-0.05, 0) is 29.3 Å². The van der Waals surface area contributed by atoms with Crippen LogP contribution in [0.25, 0.3) is 6.08 Å². The van der Waals surface area contributed by atoms with E-state index >= 15 is 0 Å².